The molecule has 2 aromatic rings. The first-order valence-electron chi connectivity index (χ1n) is 10.0. The van der Waals surface area contributed by atoms with Gasteiger partial charge >= 0.3 is 0 Å². The molecule has 0 saturated heterocycles. The van der Waals surface area contributed by atoms with Crippen LogP contribution in [0.2, 0.25) is 0 Å². The predicted molar refractivity (Wildman–Crippen MR) is 111 cm³/mol. The maximum Gasteiger partial charge on any atom is 0.111 e. The number of hydrogen-bond donors (Lipinski definition) is 1. The highest BCUT2D eigenvalue weighted by atomic mass is 16.7. The fourth-order valence-electron chi connectivity index (χ4n) is 3.48. The lowest BCUT2D eigenvalue weighted by molar-refractivity contribution is -0.923. The van der Waals surface area contributed by atoms with Gasteiger partial charge in [0, 0.05) is 0 Å². The summed E-state index contributed by atoms with van der Waals surface area (Å²) in [5.74, 6) is 0. The highest BCUT2D eigenvalue weighted by Gasteiger charge is 2.22. The van der Waals surface area contributed by atoms with Gasteiger partial charge in [0.15, 0.2) is 0 Å². The average Bonchev–Trinajstić information content (AvgIpc) is 2.70. The molecule has 0 aliphatic carbocycles. The summed E-state index contributed by atoms with van der Waals surface area (Å²) >= 11 is 0. The number of aryl methyl sites for hydroxylation is 1. The first kappa shape index (κ1) is 20.5. The molecule has 1 unspecified atom stereocenters. The second kappa shape index (κ2) is 10.3. The number of nitrogens with zero attached hydrogens (tertiary/aromatic N) is 1. The molecule has 2 rings (SSSR count). The fraction of sp³-hybridized carbons (Fsp3) is 0.478. The van der Waals surface area contributed by atoms with E-state index in [9.17, 15) is 0 Å². The molecule has 0 aliphatic rings. The van der Waals surface area contributed by atoms with Gasteiger partial charge in [0.2, 0.25) is 0 Å². The van der Waals surface area contributed by atoms with E-state index in [0.717, 1.165) is 18.5 Å². The summed E-state index contributed by atoms with van der Waals surface area (Å²) in [6, 6.07) is 18.8. The Hall–Kier alpha value is -1.84. The molecule has 0 spiro atoms. The molecule has 3 heteroatoms. The van der Waals surface area contributed by atoms with Crippen LogP contribution in [0.3, 0.4) is 0 Å². The maximum atomic E-state index is 6.11. The first-order valence-corrected chi connectivity index (χ1v) is 10.0. The van der Waals surface area contributed by atoms with Crippen molar-refractivity contribution in [1.82, 2.24) is 0 Å². The molecule has 0 radical (unpaired) electrons. The topological polar surface area (TPSA) is 21.3 Å². The molecule has 0 bridgehead atoms. The second-order valence-electron chi connectivity index (χ2n) is 7.14. The van der Waals surface area contributed by atoms with E-state index in [1.54, 1.807) is 0 Å². The number of benzene rings is 2. The Kier molecular flexibility index (Phi) is 8.14. The van der Waals surface area contributed by atoms with Crippen LogP contribution < -0.4 is 5.48 Å². The third kappa shape index (κ3) is 5.86. The van der Waals surface area contributed by atoms with E-state index in [-0.39, 0.29) is 6.10 Å². The fourth-order valence-corrected chi connectivity index (χ4v) is 3.48. The molecular formula is C23H35N2O+. The van der Waals surface area contributed by atoms with Crippen molar-refractivity contribution in [2.45, 2.75) is 46.6 Å². The summed E-state index contributed by atoms with van der Waals surface area (Å²) < 4.78 is 1.19. The Morgan fingerprint density at radius 3 is 2.08 bits per heavy atom. The highest BCUT2D eigenvalue weighted by molar-refractivity contribution is 5.40. The van der Waals surface area contributed by atoms with Crippen molar-refractivity contribution in [2.75, 3.05) is 31.7 Å². The van der Waals surface area contributed by atoms with E-state index in [1.165, 1.54) is 41.8 Å². The van der Waals surface area contributed by atoms with Crippen LogP contribution in [-0.4, -0.2) is 30.7 Å². The van der Waals surface area contributed by atoms with Gasteiger partial charge in [0.05, 0.1) is 31.9 Å². The van der Waals surface area contributed by atoms with Crippen molar-refractivity contribution in [3.05, 3.63) is 65.7 Å². The molecule has 0 heterocycles. The first-order chi connectivity index (χ1) is 12.6. The zero-order valence-electron chi connectivity index (χ0n) is 16.9. The molecule has 0 aromatic heterocycles. The largest absolute Gasteiger partial charge is 0.324 e. The summed E-state index contributed by atoms with van der Waals surface area (Å²) in [5.41, 5.74) is 6.65. The van der Waals surface area contributed by atoms with Crippen LogP contribution in [0.1, 0.15) is 50.8 Å². The molecule has 26 heavy (non-hydrogen) atoms. The van der Waals surface area contributed by atoms with E-state index < -0.39 is 0 Å². The van der Waals surface area contributed by atoms with Crippen molar-refractivity contribution in [3.63, 3.8) is 0 Å². The van der Waals surface area contributed by atoms with Gasteiger partial charge < -0.3 is 4.48 Å². The monoisotopic (exact) mass is 355 g/mol. The number of para-hydroxylation sites is 1. The molecule has 142 valence electrons. The number of anilines is 1. The van der Waals surface area contributed by atoms with Gasteiger partial charge in [-0.3, -0.25) is 10.3 Å². The molecule has 0 fully saturated rings. The predicted octanol–water partition coefficient (Wildman–Crippen LogP) is 5.74. The van der Waals surface area contributed by atoms with Crippen LogP contribution in [0.15, 0.2) is 54.6 Å². The van der Waals surface area contributed by atoms with Gasteiger partial charge in [-0.25, -0.2) is 0 Å². The lowest BCUT2D eigenvalue weighted by Gasteiger charge is -2.36. The van der Waals surface area contributed by atoms with E-state index in [1.807, 2.05) is 30.3 Å². The standard InChI is InChI=1S/C23H35N2O/c1-5-25(6-2,7-3)19-11-14-23(21-17-15-20(4)16-18-21)26-24-22-12-9-8-10-13-22/h8-10,12-13,15-18,23-24H,5-7,11,14,19H2,1-4H3/q+1. The van der Waals surface area contributed by atoms with Crippen LogP contribution >= 0.6 is 0 Å². The summed E-state index contributed by atoms with van der Waals surface area (Å²) in [5, 5.41) is 0. The van der Waals surface area contributed by atoms with Crippen molar-refractivity contribution in [2.24, 2.45) is 0 Å². The van der Waals surface area contributed by atoms with Crippen molar-refractivity contribution < 1.29 is 9.32 Å². The number of rotatable bonds is 11. The number of nitrogens with one attached hydrogen (secondary N) is 1. The Balaban J connectivity index is 2.01. The van der Waals surface area contributed by atoms with Crippen molar-refractivity contribution in [3.8, 4) is 0 Å². The summed E-state index contributed by atoms with van der Waals surface area (Å²) in [4.78, 5) is 6.11. The Labute approximate surface area is 159 Å². The summed E-state index contributed by atoms with van der Waals surface area (Å²) in [6.45, 7) is 13.8. The lowest BCUT2D eigenvalue weighted by Crippen LogP contribution is -2.48. The van der Waals surface area contributed by atoms with E-state index >= 15 is 0 Å². The highest BCUT2D eigenvalue weighted by Crippen LogP contribution is 2.25. The van der Waals surface area contributed by atoms with Crippen molar-refractivity contribution in [1.29, 1.82) is 0 Å². The smallest absolute Gasteiger partial charge is 0.111 e. The maximum absolute atomic E-state index is 6.11. The van der Waals surface area contributed by atoms with Crippen LogP contribution in [0.4, 0.5) is 5.69 Å². The van der Waals surface area contributed by atoms with Crippen LogP contribution in [0.5, 0.6) is 0 Å². The van der Waals surface area contributed by atoms with Gasteiger partial charge in [0.1, 0.15) is 6.10 Å². The second-order valence-corrected chi connectivity index (χ2v) is 7.14. The zero-order valence-corrected chi connectivity index (χ0v) is 16.9. The molecule has 3 nitrogen and oxygen atoms in total. The summed E-state index contributed by atoms with van der Waals surface area (Å²) in [7, 11) is 0. The average molecular weight is 356 g/mol. The van der Waals surface area contributed by atoms with Crippen LogP contribution in [0, 0.1) is 6.92 Å². The molecule has 1 atom stereocenters. The van der Waals surface area contributed by atoms with E-state index in [2.05, 4.69) is 57.4 Å². The molecule has 0 amide bonds. The minimum atomic E-state index is 0.0586. The normalized spacial score (nSPS) is 12.8. The molecule has 0 saturated carbocycles. The lowest BCUT2D eigenvalue weighted by atomic mass is 10.0. The Bertz CT molecular complexity index is 612. The van der Waals surface area contributed by atoms with Gasteiger partial charge in [-0.15, -0.1) is 0 Å². The Morgan fingerprint density at radius 1 is 0.885 bits per heavy atom. The minimum absolute atomic E-state index is 0.0586. The van der Waals surface area contributed by atoms with Gasteiger partial charge in [-0.05, 0) is 58.2 Å². The number of hydrogen-bond acceptors (Lipinski definition) is 2. The SMILES string of the molecule is CC[N+](CC)(CC)CCCC(ONc1ccccc1)c1ccc(C)cc1. The minimum Gasteiger partial charge on any atom is -0.324 e. The quantitative estimate of drug-likeness (QED) is 0.410. The van der Waals surface area contributed by atoms with E-state index in [0.29, 0.717) is 0 Å². The summed E-state index contributed by atoms with van der Waals surface area (Å²) in [6.07, 6.45) is 2.23. The van der Waals surface area contributed by atoms with Gasteiger partial charge in [0.25, 0.3) is 0 Å². The molecule has 1 N–H and O–H groups in total. The van der Waals surface area contributed by atoms with Crippen LogP contribution in [-0.2, 0) is 4.84 Å². The molecule has 2 aromatic carbocycles. The third-order valence-corrected chi connectivity index (χ3v) is 5.65. The number of quaternary nitrogens is 1. The van der Waals surface area contributed by atoms with E-state index in [4.69, 9.17) is 4.84 Å². The zero-order chi connectivity index (χ0) is 18.8. The Morgan fingerprint density at radius 2 is 1.50 bits per heavy atom. The third-order valence-electron chi connectivity index (χ3n) is 5.65. The van der Waals surface area contributed by atoms with Crippen LogP contribution in [0.25, 0.3) is 0 Å². The van der Waals surface area contributed by atoms with Gasteiger partial charge in [-0.1, -0.05) is 48.0 Å². The van der Waals surface area contributed by atoms with Gasteiger partial charge in [-0.2, -0.15) is 0 Å². The molecular weight excluding hydrogens is 320 g/mol. The van der Waals surface area contributed by atoms with Crippen molar-refractivity contribution >= 4 is 5.69 Å². The molecule has 0 aliphatic heterocycles.